The van der Waals surface area contributed by atoms with Gasteiger partial charge < -0.3 is 58.3 Å². The van der Waals surface area contributed by atoms with Crippen molar-refractivity contribution >= 4 is 23.6 Å². The topological polar surface area (TPSA) is 200 Å². The van der Waals surface area contributed by atoms with E-state index in [-0.39, 0.29) is 5.91 Å². The summed E-state index contributed by atoms with van der Waals surface area (Å²) in [5, 5.41) is 17.2. The molecule has 2 amide bonds. The van der Waals surface area contributed by atoms with Crippen molar-refractivity contribution in [2.45, 2.75) is 45.8 Å². The Labute approximate surface area is 339 Å². The van der Waals surface area contributed by atoms with Crippen LogP contribution in [0, 0.1) is 0 Å². The van der Waals surface area contributed by atoms with Crippen LogP contribution in [0.15, 0.2) is 59.6 Å². The van der Waals surface area contributed by atoms with Gasteiger partial charge in [0.05, 0.1) is 98.7 Å². The summed E-state index contributed by atoms with van der Waals surface area (Å²) in [7, 11) is 0. The van der Waals surface area contributed by atoms with Crippen LogP contribution in [0.2, 0.25) is 0 Å². The van der Waals surface area contributed by atoms with Gasteiger partial charge in [0.25, 0.3) is 5.91 Å². The van der Waals surface area contributed by atoms with E-state index in [1.807, 2.05) is 45.0 Å². The minimum absolute atomic E-state index is 0.192. The first-order valence-corrected chi connectivity index (χ1v) is 19.6. The molecule has 0 radical (unpaired) electrons. The number of furan rings is 1. The van der Waals surface area contributed by atoms with Crippen LogP contribution in [0.3, 0.4) is 0 Å². The smallest absolute Gasteiger partial charge is 0.407 e. The van der Waals surface area contributed by atoms with Crippen LogP contribution in [0.5, 0.6) is 0 Å². The number of fused-ring (bicyclic) bond motifs is 1. The van der Waals surface area contributed by atoms with Crippen LogP contribution in [0.4, 0.5) is 10.7 Å². The fourth-order valence-corrected chi connectivity index (χ4v) is 5.13. The van der Waals surface area contributed by atoms with Gasteiger partial charge in [-0.15, -0.1) is 10.2 Å². The van der Waals surface area contributed by atoms with E-state index in [0.717, 1.165) is 29.7 Å². The highest BCUT2D eigenvalue weighted by molar-refractivity contribution is 5.95. The Morgan fingerprint density at radius 3 is 1.86 bits per heavy atom. The molecule has 0 atom stereocenters. The molecule has 320 valence electrons. The zero-order chi connectivity index (χ0) is 41.1. The van der Waals surface area contributed by atoms with Crippen molar-refractivity contribution in [3.05, 3.63) is 66.5 Å². The average Bonchev–Trinajstić information content (AvgIpc) is 3.93. The summed E-state index contributed by atoms with van der Waals surface area (Å²) in [5.41, 5.74) is 2.33. The highest BCUT2D eigenvalue weighted by Crippen LogP contribution is 2.25. The number of ether oxygens (including phenoxy) is 8. The van der Waals surface area contributed by atoms with Crippen molar-refractivity contribution in [3.8, 4) is 11.1 Å². The number of rotatable bonds is 31. The molecule has 0 aliphatic carbocycles. The maximum atomic E-state index is 12.7. The lowest BCUT2D eigenvalue weighted by molar-refractivity contribution is -0.0204. The lowest BCUT2D eigenvalue weighted by atomic mass is 10.1. The number of unbranched alkanes of at least 4 members (excludes halogenated alkanes) is 1. The number of carbonyl (C=O) groups is 2. The van der Waals surface area contributed by atoms with E-state index < -0.39 is 11.7 Å². The fraction of sp³-hybridized carbons (Fsp3) is 0.575. The minimum atomic E-state index is -0.491. The third kappa shape index (κ3) is 18.7. The summed E-state index contributed by atoms with van der Waals surface area (Å²) in [6.45, 7) is 13.5. The van der Waals surface area contributed by atoms with E-state index >= 15 is 0 Å². The van der Waals surface area contributed by atoms with E-state index in [1.54, 1.807) is 35.3 Å². The maximum Gasteiger partial charge on any atom is 0.407 e. The molecular weight excluding hydrogens is 754 g/mol. The quantitative estimate of drug-likeness (QED) is 0.0612. The molecule has 18 nitrogen and oxygen atoms in total. The van der Waals surface area contributed by atoms with Crippen molar-refractivity contribution in [1.82, 2.24) is 30.2 Å². The summed E-state index contributed by atoms with van der Waals surface area (Å²) in [5.74, 6) is 1.18. The molecule has 0 fully saturated rings. The number of anilines is 1. The van der Waals surface area contributed by atoms with E-state index in [9.17, 15) is 9.59 Å². The number of alkyl carbamates (subject to hydrolysis) is 1. The molecule has 0 unspecified atom stereocenters. The number of carbonyl (C=O) groups excluding carboxylic acids is 2. The van der Waals surface area contributed by atoms with Gasteiger partial charge in [0.15, 0.2) is 5.65 Å². The van der Waals surface area contributed by atoms with Crippen molar-refractivity contribution in [2.75, 3.05) is 111 Å². The Balaban J connectivity index is 0.880. The molecule has 0 bridgehead atoms. The van der Waals surface area contributed by atoms with Gasteiger partial charge >= 0.3 is 6.09 Å². The van der Waals surface area contributed by atoms with Crippen molar-refractivity contribution < 1.29 is 51.9 Å². The van der Waals surface area contributed by atoms with Crippen molar-refractivity contribution in [3.63, 3.8) is 0 Å². The van der Waals surface area contributed by atoms with Crippen molar-refractivity contribution in [2.24, 2.45) is 0 Å². The monoisotopic (exact) mass is 813 g/mol. The molecule has 3 aromatic heterocycles. The predicted octanol–water partition coefficient (Wildman–Crippen LogP) is 4.15. The van der Waals surface area contributed by atoms with Gasteiger partial charge in [-0.3, -0.25) is 9.20 Å². The van der Waals surface area contributed by atoms with Crippen LogP contribution in [0.1, 0.15) is 49.7 Å². The van der Waals surface area contributed by atoms with Gasteiger partial charge in [-0.25, -0.2) is 9.78 Å². The van der Waals surface area contributed by atoms with Crippen molar-refractivity contribution in [1.29, 1.82) is 0 Å². The molecular formula is C40H59N7O11. The first-order valence-electron chi connectivity index (χ1n) is 19.6. The van der Waals surface area contributed by atoms with Gasteiger partial charge in [-0.1, -0.05) is 12.1 Å². The predicted molar refractivity (Wildman–Crippen MR) is 214 cm³/mol. The molecule has 0 saturated heterocycles. The second-order valence-corrected chi connectivity index (χ2v) is 13.7. The Bertz CT molecular complexity index is 1700. The highest BCUT2D eigenvalue weighted by atomic mass is 16.6. The summed E-state index contributed by atoms with van der Waals surface area (Å²) >= 11 is 0. The number of aromatic nitrogens is 4. The normalized spacial score (nSPS) is 11.6. The molecule has 1 aromatic carbocycles. The Morgan fingerprint density at radius 1 is 0.707 bits per heavy atom. The van der Waals surface area contributed by atoms with Gasteiger partial charge in [0.1, 0.15) is 17.7 Å². The minimum Gasteiger partial charge on any atom is -0.467 e. The average molecular weight is 814 g/mol. The number of nitrogens with zero attached hydrogens (tertiary/aromatic N) is 4. The zero-order valence-corrected chi connectivity index (χ0v) is 33.9. The van der Waals surface area contributed by atoms with Crippen LogP contribution in [-0.2, 0) is 44.4 Å². The third-order valence-corrected chi connectivity index (χ3v) is 7.94. The number of nitrogens with one attached hydrogen (secondary N) is 3. The van der Waals surface area contributed by atoms with Gasteiger partial charge in [0.2, 0.25) is 5.95 Å². The number of benzene rings is 1. The largest absolute Gasteiger partial charge is 0.467 e. The molecule has 4 rings (SSSR count). The number of hydrogen-bond acceptors (Lipinski definition) is 15. The molecule has 0 spiro atoms. The summed E-state index contributed by atoms with van der Waals surface area (Å²) < 4.78 is 51.0. The first kappa shape index (κ1) is 46.0. The molecule has 18 heteroatoms. The van der Waals surface area contributed by atoms with E-state index in [2.05, 4.69) is 31.1 Å². The molecule has 0 saturated carbocycles. The molecule has 3 N–H and O–H groups in total. The van der Waals surface area contributed by atoms with Crippen LogP contribution in [0.25, 0.3) is 16.8 Å². The SMILES string of the molecule is CC(C)(C)OC(=O)NCCCCOCCOCCOCCOCCOCCOCCOCCNC(=O)c1ccc(-c2cnc(NCc3ccco3)n3cnnc23)cc1. The molecule has 4 aromatic rings. The van der Waals surface area contributed by atoms with Gasteiger partial charge in [-0.2, -0.15) is 0 Å². The van der Waals surface area contributed by atoms with Gasteiger partial charge in [-0.05, 0) is 63.4 Å². The second kappa shape index (κ2) is 27.1. The Morgan fingerprint density at radius 2 is 1.29 bits per heavy atom. The lowest BCUT2D eigenvalue weighted by Gasteiger charge is -2.19. The standard InChI is InChI=1S/C40H59N7O11/c1-40(2,3)58-39(49)42-12-4-5-14-50-17-19-52-21-23-54-25-27-56-28-26-55-24-22-53-20-18-51-16-13-41-37(48)33-10-8-32(9-11-33)35-30-44-38(47-31-45-46-36(35)47)43-29-34-7-6-15-57-34/h6-11,15,30-31H,4-5,12-14,16-29H2,1-3H3,(H,41,48)(H,42,49)(H,43,44). The number of amides is 2. The molecule has 0 aliphatic heterocycles. The Kier molecular flexibility index (Phi) is 21.5. The zero-order valence-electron chi connectivity index (χ0n) is 33.9. The van der Waals surface area contributed by atoms with Crippen LogP contribution >= 0.6 is 0 Å². The van der Waals surface area contributed by atoms with E-state index in [0.29, 0.717) is 129 Å². The third-order valence-electron chi connectivity index (χ3n) is 7.94. The van der Waals surface area contributed by atoms with Gasteiger partial charge in [0, 0.05) is 37.0 Å². The molecule has 3 heterocycles. The maximum absolute atomic E-state index is 12.7. The summed E-state index contributed by atoms with van der Waals surface area (Å²) in [4.78, 5) is 28.8. The summed E-state index contributed by atoms with van der Waals surface area (Å²) in [6, 6.07) is 11.0. The van der Waals surface area contributed by atoms with Crippen LogP contribution in [-0.4, -0.2) is 143 Å². The summed E-state index contributed by atoms with van der Waals surface area (Å²) in [6.07, 6.45) is 6.22. The lowest BCUT2D eigenvalue weighted by Crippen LogP contribution is -2.33. The fourth-order valence-electron chi connectivity index (χ4n) is 5.13. The molecule has 0 aliphatic rings. The highest BCUT2D eigenvalue weighted by Gasteiger charge is 2.16. The molecule has 58 heavy (non-hydrogen) atoms. The first-order chi connectivity index (χ1) is 28.3. The number of hydrogen-bond donors (Lipinski definition) is 3. The Hall–Kier alpha value is -4.69. The van der Waals surface area contributed by atoms with E-state index in [1.165, 1.54) is 0 Å². The van der Waals surface area contributed by atoms with E-state index in [4.69, 9.17) is 42.3 Å². The van der Waals surface area contributed by atoms with Crippen LogP contribution < -0.4 is 16.0 Å². The second-order valence-electron chi connectivity index (χ2n) is 13.7.